The first kappa shape index (κ1) is 13.0. The summed E-state index contributed by atoms with van der Waals surface area (Å²) in [6.45, 7) is 3.62. The second-order valence-corrected chi connectivity index (χ2v) is 5.70. The zero-order valence-corrected chi connectivity index (χ0v) is 10.4. The SMILES string of the molecule is Cn1cnnc1CSC(C)(C)[C@@H](N)C(=O)O. The molecule has 0 saturated heterocycles. The minimum absolute atomic E-state index is 0.544. The smallest absolute Gasteiger partial charge is 0.321 e. The number of hydrogen-bond donors (Lipinski definition) is 2. The van der Waals surface area contributed by atoms with Gasteiger partial charge in [-0.05, 0) is 13.8 Å². The lowest BCUT2D eigenvalue weighted by molar-refractivity contribution is -0.139. The molecule has 1 atom stereocenters. The van der Waals surface area contributed by atoms with E-state index in [1.54, 1.807) is 10.9 Å². The summed E-state index contributed by atoms with van der Waals surface area (Å²) in [4.78, 5) is 10.8. The van der Waals surface area contributed by atoms with Crippen LogP contribution in [0.5, 0.6) is 0 Å². The summed E-state index contributed by atoms with van der Waals surface area (Å²) in [5.74, 6) is 0.399. The molecule has 7 heteroatoms. The quantitative estimate of drug-likeness (QED) is 0.770. The number of carboxylic acids is 1. The number of nitrogens with two attached hydrogens (primary N) is 1. The highest BCUT2D eigenvalue weighted by Crippen LogP contribution is 2.29. The Morgan fingerprint density at radius 2 is 2.38 bits per heavy atom. The summed E-state index contributed by atoms with van der Waals surface area (Å²) in [7, 11) is 1.85. The van der Waals surface area contributed by atoms with Gasteiger partial charge < -0.3 is 15.4 Å². The molecule has 90 valence electrons. The Hall–Kier alpha value is -1.08. The normalized spacial score (nSPS) is 13.8. The van der Waals surface area contributed by atoms with Gasteiger partial charge in [-0.1, -0.05) is 0 Å². The van der Waals surface area contributed by atoms with E-state index in [0.717, 1.165) is 5.82 Å². The molecule has 0 amide bonds. The minimum Gasteiger partial charge on any atom is -0.480 e. The van der Waals surface area contributed by atoms with Gasteiger partial charge in [0.05, 0.1) is 5.75 Å². The Bertz CT molecular complexity index is 377. The van der Waals surface area contributed by atoms with Gasteiger partial charge in [0.15, 0.2) is 0 Å². The summed E-state index contributed by atoms with van der Waals surface area (Å²) in [6.07, 6.45) is 1.61. The van der Waals surface area contributed by atoms with E-state index in [4.69, 9.17) is 10.8 Å². The second kappa shape index (κ2) is 4.84. The molecule has 3 N–H and O–H groups in total. The first-order chi connectivity index (χ1) is 7.34. The van der Waals surface area contributed by atoms with Gasteiger partial charge >= 0.3 is 5.97 Å². The van der Waals surface area contributed by atoms with Crippen LogP contribution in [0.25, 0.3) is 0 Å². The van der Waals surface area contributed by atoms with Crippen LogP contribution in [0.1, 0.15) is 19.7 Å². The molecule has 0 fully saturated rings. The molecule has 1 aromatic rings. The van der Waals surface area contributed by atoms with Crippen LogP contribution in [-0.2, 0) is 17.6 Å². The summed E-state index contributed by atoms with van der Waals surface area (Å²) in [6, 6.07) is -0.897. The molecule has 0 aliphatic rings. The number of carboxylic acid groups (broad SMARTS) is 1. The summed E-state index contributed by atoms with van der Waals surface area (Å²) in [5, 5.41) is 16.5. The van der Waals surface area contributed by atoms with Crippen molar-refractivity contribution in [3.63, 3.8) is 0 Å². The standard InChI is InChI=1S/C9H16N4O2S/c1-9(2,7(10)8(14)15)16-4-6-12-11-5-13(6)3/h5,7H,4,10H2,1-3H3,(H,14,15)/t7-/m0/s1. The van der Waals surface area contributed by atoms with Crippen molar-refractivity contribution >= 4 is 17.7 Å². The molecule has 0 aromatic carbocycles. The maximum absolute atomic E-state index is 10.8. The van der Waals surface area contributed by atoms with Crippen molar-refractivity contribution in [1.82, 2.24) is 14.8 Å². The van der Waals surface area contributed by atoms with Crippen LogP contribution < -0.4 is 5.73 Å². The number of rotatable bonds is 5. The van der Waals surface area contributed by atoms with Crippen molar-refractivity contribution in [1.29, 1.82) is 0 Å². The lowest BCUT2D eigenvalue weighted by atomic mass is 10.1. The van der Waals surface area contributed by atoms with Crippen molar-refractivity contribution in [2.45, 2.75) is 30.4 Å². The number of aryl methyl sites for hydroxylation is 1. The molecular formula is C9H16N4O2S. The third kappa shape index (κ3) is 2.96. The highest BCUT2D eigenvalue weighted by molar-refractivity contribution is 7.99. The molecule has 16 heavy (non-hydrogen) atoms. The first-order valence-corrected chi connectivity index (χ1v) is 5.78. The fraction of sp³-hybridized carbons (Fsp3) is 0.667. The van der Waals surface area contributed by atoms with E-state index in [0.29, 0.717) is 5.75 Å². The van der Waals surface area contributed by atoms with E-state index in [1.807, 2.05) is 20.9 Å². The van der Waals surface area contributed by atoms with Gasteiger partial charge in [-0.15, -0.1) is 22.0 Å². The van der Waals surface area contributed by atoms with Crippen molar-refractivity contribution in [3.05, 3.63) is 12.2 Å². The fourth-order valence-electron chi connectivity index (χ4n) is 1.08. The van der Waals surface area contributed by atoms with E-state index in [9.17, 15) is 4.79 Å². The molecule has 0 aliphatic carbocycles. The number of hydrogen-bond acceptors (Lipinski definition) is 5. The summed E-state index contributed by atoms with van der Waals surface area (Å²) in [5.41, 5.74) is 5.61. The van der Waals surface area contributed by atoms with Gasteiger partial charge in [-0.2, -0.15) is 0 Å². The van der Waals surface area contributed by atoms with Gasteiger partial charge in [0.25, 0.3) is 0 Å². The van der Waals surface area contributed by atoms with Crippen molar-refractivity contribution < 1.29 is 9.90 Å². The lowest BCUT2D eigenvalue weighted by Gasteiger charge is -2.27. The molecule has 1 heterocycles. The number of aliphatic carboxylic acids is 1. The monoisotopic (exact) mass is 244 g/mol. The summed E-state index contributed by atoms with van der Waals surface area (Å²) < 4.78 is 1.26. The number of nitrogens with zero attached hydrogens (tertiary/aromatic N) is 3. The van der Waals surface area contributed by atoms with Crippen LogP contribution in [0.15, 0.2) is 6.33 Å². The van der Waals surface area contributed by atoms with Gasteiger partial charge in [0, 0.05) is 11.8 Å². The molecule has 1 aromatic heterocycles. The molecule has 0 radical (unpaired) electrons. The number of carbonyl (C=O) groups is 1. The third-order valence-corrected chi connectivity index (χ3v) is 3.79. The maximum atomic E-state index is 10.8. The van der Waals surface area contributed by atoms with Crippen molar-refractivity contribution in [3.8, 4) is 0 Å². The number of aromatic nitrogens is 3. The summed E-state index contributed by atoms with van der Waals surface area (Å²) >= 11 is 1.46. The fourth-order valence-corrected chi connectivity index (χ4v) is 2.12. The predicted octanol–water partition coefficient (Wildman–Crippen LogP) is 0.239. The highest BCUT2D eigenvalue weighted by Gasteiger charge is 2.32. The number of thioether (sulfide) groups is 1. The van der Waals surface area contributed by atoms with E-state index >= 15 is 0 Å². The van der Waals surface area contributed by atoms with Gasteiger partial charge in [-0.25, -0.2) is 0 Å². The largest absolute Gasteiger partial charge is 0.480 e. The van der Waals surface area contributed by atoms with Crippen LogP contribution in [0.3, 0.4) is 0 Å². The average Bonchev–Trinajstić information content (AvgIpc) is 2.60. The molecule has 6 nitrogen and oxygen atoms in total. The Balaban J connectivity index is 2.61. The van der Waals surface area contributed by atoms with Gasteiger partial charge in [-0.3, -0.25) is 4.79 Å². The first-order valence-electron chi connectivity index (χ1n) is 4.80. The van der Waals surface area contributed by atoms with Gasteiger partial charge in [0.1, 0.15) is 18.2 Å². The molecule has 0 spiro atoms. The Morgan fingerprint density at radius 3 is 2.81 bits per heavy atom. The Labute approximate surface area is 98.2 Å². The Morgan fingerprint density at radius 1 is 1.75 bits per heavy atom. The molecular weight excluding hydrogens is 228 g/mol. The minimum atomic E-state index is -0.990. The lowest BCUT2D eigenvalue weighted by Crippen LogP contribution is -2.46. The van der Waals surface area contributed by atoms with E-state index in [-0.39, 0.29) is 0 Å². The van der Waals surface area contributed by atoms with E-state index < -0.39 is 16.8 Å². The topological polar surface area (TPSA) is 94.0 Å². The second-order valence-electron chi connectivity index (χ2n) is 4.07. The average molecular weight is 244 g/mol. The van der Waals surface area contributed by atoms with Crippen molar-refractivity contribution in [2.24, 2.45) is 12.8 Å². The van der Waals surface area contributed by atoms with E-state index in [2.05, 4.69) is 10.2 Å². The van der Waals surface area contributed by atoms with Crippen LogP contribution in [0.4, 0.5) is 0 Å². The maximum Gasteiger partial charge on any atom is 0.321 e. The van der Waals surface area contributed by atoms with Crippen molar-refractivity contribution in [2.75, 3.05) is 0 Å². The zero-order valence-electron chi connectivity index (χ0n) is 9.54. The zero-order chi connectivity index (χ0) is 12.3. The van der Waals surface area contributed by atoms with Crippen LogP contribution in [0.2, 0.25) is 0 Å². The van der Waals surface area contributed by atoms with Gasteiger partial charge in [0.2, 0.25) is 0 Å². The van der Waals surface area contributed by atoms with Crippen LogP contribution in [-0.4, -0.2) is 36.6 Å². The van der Waals surface area contributed by atoms with E-state index in [1.165, 1.54) is 11.8 Å². The predicted molar refractivity (Wildman–Crippen MR) is 62.0 cm³/mol. The third-order valence-electron chi connectivity index (χ3n) is 2.39. The highest BCUT2D eigenvalue weighted by atomic mass is 32.2. The van der Waals surface area contributed by atoms with Crippen LogP contribution >= 0.6 is 11.8 Å². The molecule has 0 saturated carbocycles. The molecule has 1 rings (SSSR count). The Kier molecular flexibility index (Phi) is 3.93. The molecule has 0 aliphatic heterocycles. The molecule has 0 bridgehead atoms. The van der Waals surface area contributed by atoms with Crippen LogP contribution in [0, 0.1) is 0 Å². The molecule has 0 unspecified atom stereocenters.